The van der Waals surface area contributed by atoms with E-state index in [1.54, 1.807) is 4.90 Å². The summed E-state index contributed by atoms with van der Waals surface area (Å²) in [7, 11) is 0. The Bertz CT molecular complexity index is 286. The van der Waals surface area contributed by atoms with Crippen molar-refractivity contribution in [2.45, 2.75) is 51.0 Å². The summed E-state index contributed by atoms with van der Waals surface area (Å²) in [6.45, 7) is 6.47. The van der Waals surface area contributed by atoms with Gasteiger partial charge in [-0.25, -0.2) is 4.79 Å². The lowest BCUT2D eigenvalue weighted by atomic mass is 9.95. The van der Waals surface area contributed by atoms with Gasteiger partial charge in [0.2, 0.25) is 0 Å². The summed E-state index contributed by atoms with van der Waals surface area (Å²) in [5.41, 5.74) is -0.479. The van der Waals surface area contributed by atoms with E-state index >= 15 is 0 Å². The molecule has 3 rings (SSSR count). The normalized spacial score (nSPS) is 34.0. The van der Waals surface area contributed by atoms with Gasteiger partial charge in [-0.05, 0) is 27.2 Å². The van der Waals surface area contributed by atoms with Gasteiger partial charge in [-0.3, -0.25) is 0 Å². The zero-order valence-corrected chi connectivity index (χ0v) is 9.97. The first-order valence-electron chi connectivity index (χ1n) is 5.66. The van der Waals surface area contributed by atoms with Crippen LogP contribution in [0.2, 0.25) is 0 Å². The summed E-state index contributed by atoms with van der Waals surface area (Å²) in [5.74, 6) is 0. The molecule has 3 aliphatic rings. The molecular formula is C11H19NO4. The predicted octanol–water partition coefficient (Wildman–Crippen LogP) is 0.756. The molecule has 92 valence electrons. The van der Waals surface area contributed by atoms with Crippen LogP contribution < -0.4 is 0 Å². The van der Waals surface area contributed by atoms with E-state index in [-0.39, 0.29) is 18.2 Å². The number of rotatable bonds is 0. The molecule has 0 aromatic rings. The van der Waals surface area contributed by atoms with Gasteiger partial charge in [0, 0.05) is 0 Å². The van der Waals surface area contributed by atoms with Gasteiger partial charge in [0.05, 0.1) is 25.3 Å². The smallest absolute Gasteiger partial charge is 0.410 e. The van der Waals surface area contributed by atoms with E-state index < -0.39 is 11.7 Å². The van der Waals surface area contributed by atoms with Crippen LogP contribution in [0.4, 0.5) is 4.79 Å². The van der Waals surface area contributed by atoms with E-state index in [9.17, 15) is 9.90 Å². The zero-order valence-electron chi connectivity index (χ0n) is 9.97. The van der Waals surface area contributed by atoms with Crippen molar-refractivity contribution in [2.24, 2.45) is 0 Å². The van der Waals surface area contributed by atoms with Gasteiger partial charge in [-0.1, -0.05) is 0 Å². The Morgan fingerprint density at radius 2 is 2.19 bits per heavy atom. The molecule has 1 amide bonds. The largest absolute Gasteiger partial charge is 0.444 e. The molecule has 3 atom stereocenters. The molecular weight excluding hydrogens is 210 g/mol. The van der Waals surface area contributed by atoms with E-state index in [0.717, 1.165) is 0 Å². The average Bonchev–Trinajstić information content (AvgIpc) is 2.15. The number of hydrogen-bond acceptors (Lipinski definition) is 4. The fraction of sp³-hybridized carbons (Fsp3) is 0.909. The van der Waals surface area contributed by atoms with E-state index in [1.165, 1.54) is 0 Å². The van der Waals surface area contributed by atoms with Gasteiger partial charge in [0.15, 0.2) is 0 Å². The van der Waals surface area contributed by atoms with Crippen LogP contribution in [-0.2, 0) is 9.47 Å². The lowest BCUT2D eigenvalue weighted by molar-refractivity contribution is -0.159. The second-order valence-electron chi connectivity index (χ2n) is 5.46. The molecule has 3 saturated heterocycles. The summed E-state index contributed by atoms with van der Waals surface area (Å²) in [6.07, 6.45) is -0.420. The first-order valence-corrected chi connectivity index (χ1v) is 5.66. The number of nitrogens with zero attached hydrogens (tertiary/aromatic N) is 1. The predicted molar refractivity (Wildman–Crippen MR) is 57.1 cm³/mol. The number of hydrogen-bond donors (Lipinski definition) is 1. The third-order valence-electron chi connectivity index (χ3n) is 2.89. The minimum absolute atomic E-state index is 0.0464. The topological polar surface area (TPSA) is 59.0 Å². The highest BCUT2D eigenvalue weighted by atomic mass is 16.6. The number of piperidine rings is 1. The SMILES string of the molecule is CC(C)(C)OC(=O)N1C[C@@H]2OC[C@H]1C[C@H]2O. The molecule has 0 radical (unpaired) electrons. The van der Waals surface area contributed by atoms with E-state index in [1.807, 2.05) is 20.8 Å². The summed E-state index contributed by atoms with van der Waals surface area (Å²) in [4.78, 5) is 13.5. The highest BCUT2D eigenvalue weighted by Gasteiger charge is 2.43. The van der Waals surface area contributed by atoms with Crippen molar-refractivity contribution in [3.05, 3.63) is 0 Å². The summed E-state index contributed by atoms with van der Waals surface area (Å²) < 4.78 is 10.7. The average molecular weight is 229 g/mol. The molecule has 5 nitrogen and oxygen atoms in total. The maximum atomic E-state index is 11.9. The molecule has 0 aliphatic carbocycles. The maximum absolute atomic E-state index is 11.9. The van der Waals surface area contributed by atoms with Crippen molar-refractivity contribution in [1.82, 2.24) is 4.90 Å². The van der Waals surface area contributed by atoms with Crippen LogP contribution >= 0.6 is 0 Å². The molecule has 5 heteroatoms. The second-order valence-corrected chi connectivity index (χ2v) is 5.46. The van der Waals surface area contributed by atoms with Gasteiger partial charge in [0.25, 0.3) is 0 Å². The Balaban J connectivity index is 1.99. The number of carbonyl (C=O) groups is 1. The van der Waals surface area contributed by atoms with Crippen LogP contribution in [0.1, 0.15) is 27.2 Å². The van der Waals surface area contributed by atoms with Crippen LogP contribution in [0, 0.1) is 0 Å². The Kier molecular flexibility index (Phi) is 2.84. The van der Waals surface area contributed by atoms with Crippen LogP contribution in [0.25, 0.3) is 0 Å². The highest BCUT2D eigenvalue weighted by molar-refractivity contribution is 5.69. The van der Waals surface area contributed by atoms with E-state index in [0.29, 0.717) is 19.6 Å². The number of aliphatic hydroxyl groups is 1. The minimum atomic E-state index is -0.479. The van der Waals surface area contributed by atoms with Gasteiger partial charge >= 0.3 is 6.09 Å². The molecule has 1 N–H and O–H groups in total. The zero-order chi connectivity index (χ0) is 11.9. The van der Waals surface area contributed by atoms with Gasteiger partial charge in [0.1, 0.15) is 11.7 Å². The maximum Gasteiger partial charge on any atom is 0.410 e. The quantitative estimate of drug-likeness (QED) is 0.666. The second kappa shape index (κ2) is 3.89. The number of aliphatic hydroxyl groups excluding tert-OH is 1. The highest BCUT2D eigenvalue weighted by Crippen LogP contribution is 2.28. The van der Waals surface area contributed by atoms with Gasteiger partial charge < -0.3 is 19.5 Å². The number of ether oxygens (including phenoxy) is 2. The van der Waals surface area contributed by atoms with Crippen LogP contribution in [-0.4, -0.2) is 53.1 Å². The Labute approximate surface area is 95.3 Å². The Morgan fingerprint density at radius 1 is 1.50 bits per heavy atom. The van der Waals surface area contributed by atoms with Crippen LogP contribution in [0.3, 0.4) is 0 Å². The molecule has 3 heterocycles. The van der Waals surface area contributed by atoms with Crippen molar-refractivity contribution in [2.75, 3.05) is 13.2 Å². The molecule has 3 aliphatic heterocycles. The standard InChI is InChI=1S/C11H19NO4/c1-11(2,3)16-10(14)12-5-9-8(13)4-7(12)6-15-9/h7-9,13H,4-6H2,1-3H3/t7-,8-,9+/m1/s1. The third kappa shape index (κ3) is 2.30. The summed E-state index contributed by atoms with van der Waals surface area (Å²) in [5, 5.41) is 9.63. The van der Waals surface area contributed by atoms with Crippen molar-refractivity contribution in [1.29, 1.82) is 0 Å². The number of amides is 1. The van der Waals surface area contributed by atoms with Crippen molar-refractivity contribution >= 4 is 6.09 Å². The van der Waals surface area contributed by atoms with Crippen LogP contribution in [0.15, 0.2) is 0 Å². The van der Waals surface area contributed by atoms with E-state index in [2.05, 4.69) is 0 Å². The first-order chi connectivity index (χ1) is 7.37. The number of carbonyl (C=O) groups excluding carboxylic acids is 1. The third-order valence-corrected chi connectivity index (χ3v) is 2.89. The van der Waals surface area contributed by atoms with Gasteiger partial charge in [-0.15, -0.1) is 0 Å². The Hall–Kier alpha value is -0.810. The Morgan fingerprint density at radius 3 is 2.62 bits per heavy atom. The molecule has 2 bridgehead atoms. The molecule has 3 fully saturated rings. The molecule has 0 aromatic carbocycles. The first kappa shape index (κ1) is 11.7. The fourth-order valence-corrected chi connectivity index (χ4v) is 2.12. The number of fused-ring (bicyclic) bond motifs is 3. The molecule has 0 spiro atoms. The fourth-order valence-electron chi connectivity index (χ4n) is 2.12. The van der Waals surface area contributed by atoms with Crippen LogP contribution in [0.5, 0.6) is 0 Å². The molecule has 0 unspecified atom stereocenters. The van der Waals surface area contributed by atoms with Crippen molar-refractivity contribution < 1.29 is 19.4 Å². The minimum Gasteiger partial charge on any atom is -0.444 e. The lowest BCUT2D eigenvalue weighted by Crippen LogP contribution is -2.62. The monoisotopic (exact) mass is 229 g/mol. The summed E-state index contributed by atoms with van der Waals surface area (Å²) >= 11 is 0. The summed E-state index contributed by atoms with van der Waals surface area (Å²) in [6, 6.07) is -0.0464. The van der Waals surface area contributed by atoms with Crippen molar-refractivity contribution in [3.63, 3.8) is 0 Å². The molecule has 16 heavy (non-hydrogen) atoms. The number of morpholine rings is 1. The molecule has 0 aromatic heterocycles. The lowest BCUT2D eigenvalue weighted by Gasteiger charge is -2.47. The van der Waals surface area contributed by atoms with E-state index in [4.69, 9.17) is 9.47 Å². The van der Waals surface area contributed by atoms with Crippen molar-refractivity contribution in [3.8, 4) is 0 Å². The van der Waals surface area contributed by atoms with Gasteiger partial charge in [-0.2, -0.15) is 0 Å². The molecule has 0 saturated carbocycles.